The van der Waals surface area contributed by atoms with Crippen LogP contribution in [0.1, 0.15) is 12.5 Å². The number of likely N-dealkylation sites (N-methyl/N-ethyl adjacent to an activating group) is 1. The molecule has 3 aromatic carbocycles. The van der Waals surface area contributed by atoms with Gasteiger partial charge in [-0.1, -0.05) is 30.3 Å². The number of amides is 1. The molecule has 1 amide bonds. The topological polar surface area (TPSA) is 65.3 Å². The zero-order valence-electron chi connectivity index (χ0n) is 21.6. The zero-order valence-corrected chi connectivity index (χ0v) is 22.4. The van der Waals surface area contributed by atoms with Gasteiger partial charge in [0.05, 0.1) is 30.9 Å². The summed E-state index contributed by atoms with van der Waals surface area (Å²) in [5.41, 5.74) is 2.82. The van der Waals surface area contributed by atoms with E-state index in [0.717, 1.165) is 27.9 Å². The molecule has 8 heteroatoms. The Kier molecular flexibility index (Phi) is 7.70. The van der Waals surface area contributed by atoms with Crippen molar-refractivity contribution in [3.05, 3.63) is 89.5 Å². The number of hydrogen-bond donors (Lipinski definition) is 0. The molecule has 0 N–H and O–H groups in total. The highest BCUT2D eigenvalue weighted by molar-refractivity contribution is 8.18. The van der Waals surface area contributed by atoms with Crippen LogP contribution in [0.3, 0.4) is 0 Å². The van der Waals surface area contributed by atoms with Gasteiger partial charge in [0.15, 0.2) is 16.7 Å². The quantitative estimate of drug-likeness (QED) is 0.237. The van der Waals surface area contributed by atoms with Gasteiger partial charge < -0.3 is 18.8 Å². The number of aromatic nitrogens is 1. The van der Waals surface area contributed by atoms with E-state index in [1.54, 1.807) is 19.1 Å². The van der Waals surface area contributed by atoms with Crippen LogP contribution < -0.4 is 14.2 Å². The fourth-order valence-electron chi connectivity index (χ4n) is 4.25. The lowest BCUT2D eigenvalue weighted by molar-refractivity contribution is -0.121. The molecule has 0 atom stereocenters. The van der Waals surface area contributed by atoms with Gasteiger partial charge in [0.2, 0.25) is 0 Å². The molecule has 0 spiro atoms. The number of hydrogen-bond acceptors (Lipinski definition) is 6. The van der Waals surface area contributed by atoms with Gasteiger partial charge in [0.25, 0.3) is 5.91 Å². The Labute approximate surface area is 226 Å². The van der Waals surface area contributed by atoms with E-state index in [2.05, 4.69) is 27.9 Å². The summed E-state index contributed by atoms with van der Waals surface area (Å²) in [5.74, 6) is 2.14. The first-order chi connectivity index (χ1) is 18.6. The number of carbonyl (C=O) groups is 1. The van der Waals surface area contributed by atoms with E-state index in [1.807, 2.05) is 73.7 Å². The van der Waals surface area contributed by atoms with Crippen LogP contribution in [-0.4, -0.2) is 47.9 Å². The number of methoxy groups -OCH3 is 1. The Bertz CT molecular complexity index is 1510. The first-order valence-electron chi connectivity index (χ1n) is 12.4. The Morgan fingerprint density at radius 3 is 2.45 bits per heavy atom. The summed E-state index contributed by atoms with van der Waals surface area (Å²) >= 11 is 1.38. The summed E-state index contributed by atoms with van der Waals surface area (Å²) in [4.78, 5) is 20.0. The first-order valence-corrected chi connectivity index (χ1v) is 13.2. The van der Waals surface area contributed by atoms with Crippen LogP contribution in [0.4, 0.5) is 5.69 Å². The average molecular weight is 528 g/mol. The molecular weight excluding hydrogens is 498 g/mol. The van der Waals surface area contributed by atoms with Crippen molar-refractivity contribution in [1.82, 2.24) is 9.47 Å². The minimum absolute atomic E-state index is 0.0731. The molecule has 1 aliphatic heterocycles. The van der Waals surface area contributed by atoms with Crippen molar-refractivity contribution < 1.29 is 19.0 Å². The van der Waals surface area contributed by atoms with E-state index in [1.165, 1.54) is 11.8 Å². The van der Waals surface area contributed by atoms with Crippen molar-refractivity contribution in [3.8, 4) is 17.2 Å². The van der Waals surface area contributed by atoms with Gasteiger partial charge in [-0.15, -0.1) is 0 Å². The Morgan fingerprint density at radius 1 is 0.947 bits per heavy atom. The normalized spacial score (nSPS) is 15.6. The van der Waals surface area contributed by atoms with Crippen LogP contribution in [0.15, 0.2) is 88.9 Å². The van der Waals surface area contributed by atoms with Gasteiger partial charge in [-0.25, -0.2) is 4.99 Å². The predicted molar refractivity (Wildman–Crippen MR) is 153 cm³/mol. The smallest absolute Gasteiger partial charge is 0.266 e. The van der Waals surface area contributed by atoms with Crippen LogP contribution in [-0.2, 0) is 11.3 Å². The second kappa shape index (κ2) is 11.5. The first kappa shape index (κ1) is 25.5. The molecule has 4 aromatic rings. The van der Waals surface area contributed by atoms with E-state index in [9.17, 15) is 4.79 Å². The van der Waals surface area contributed by atoms with E-state index in [-0.39, 0.29) is 5.91 Å². The number of aliphatic imine (C=N–C) groups is 1. The maximum atomic E-state index is 13.1. The summed E-state index contributed by atoms with van der Waals surface area (Å²) < 4.78 is 19.0. The number of para-hydroxylation sites is 3. The summed E-state index contributed by atoms with van der Waals surface area (Å²) in [6, 6.07) is 23.3. The fourth-order valence-corrected chi connectivity index (χ4v) is 5.23. The minimum Gasteiger partial charge on any atom is -0.494 e. The average Bonchev–Trinajstić information content (AvgIpc) is 3.42. The van der Waals surface area contributed by atoms with Crippen LogP contribution in [0.5, 0.6) is 17.2 Å². The van der Waals surface area contributed by atoms with Crippen molar-refractivity contribution in [3.63, 3.8) is 0 Å². The lowest BCUT2D eigenvalue weighted by atomic mass is 10.1. The highest BCUT2D eigenvalue weighted by Gasteiger charge is 2.30. The molecule has 1 aliphatic rings. The van der Waals surface area contributed by atoms with Crippen molar-refractivity contribution >= 4 is 45.5 Å². The summed E-state index contributed by atoms with van der Waals surface area (Å²) in [5, 5.41) is 1.71. The summed E-state index contributed by atoms with van der Waals surface area (Å²) in [6.45, 7) is 3.68. The van der Waals surface area contributed by atoms with Gasteiger partial charge in [-0.2, -0.15) is 0 Å². The molecular formula is C30H29N3O4S. The molecule has 1 aromatic heterocycles. The maximum Gasteiger partial charge on any atom is 0.266 e. The van der Waals surface area contributed by atoms with Crippen molar-refractivity contribution in [2.24, 2.45) is 4.99 Å². The Hall–Kier alpha value is -4.17. The van der Waals surface area contributed by atoms with Crippen LogP contribution >= 0.6 is 11.8 Å². The van der Waals surface area contributed by atoms with Crippen LogP contribution in [0.2, 0.25) is 0 Å². The Morgan fingerprint density at radius 2 is 1.68 bits per heavy atom. The number of ether oxygens (including phenoxy) is 3. The van der Waals surface area contributed by atoms with Gasteiger partial charge in [0, 0.05) is 29.7 Å². The van der Waals surface area contributed by atoms with E-state index < -0.39 is 0 Å². The molecule has 0 radical (unpaired) electrons. The van der Waals surface area contributed by atoms with E-state index in [4.69, 9.17) is 14.2 Å². The number of nitrogens with zero attached hydrogens (tertiary/aromatic N) is 3. The molecule has 0 unspecified atom stereocenters. The number of rotatable bonds is 9. The monoisotopic (exact) mass is 527 g/mol. The van der Waals surface area contributed by atoms with Crippen molar-refractivity contribution in [1.29, 1.82) is 0 Å². The molecule has 5 rings (SSSR count). The molecule has 1 saturated heterocycles. The predicted octanol–water partition coefficient (Wildman–Crippen LogP) is 6.36. The van der Waals surface area contributed by atoms with Crippen LogP contribution in [0, 0.1) is 0 Å². The molecule has 1 fully saturated rings. The number of fused-ring (bicyclic) bond motifs is 1. The third kappa shape index (κ3) is 5.40. The second-order valence-corrected chi connectivity index (χ2v) is 9.60. The number of benzene rings is 3. The molecule has 194 valence electrons. The second-order valence-electron chi connectivity index (χ2n) is 8.59. The molecule has 38 heavy (non-hydrogen) atoms. The fraction of sp³-hybridized carbons (Fsp3) is 0.200. The molecule has 0 aliphatic carbocycles. The molecule has 0 saturated carbocycles. The van der Waals surface area contributed by atoms with Gasteiger partial charge in [0.1, 0.15) is 12.4 Å². The van der Waals surface area contributed by atoms with Crippen molar-refractivity contribution in [2.45, 2.75) is 13.5 Å². The zero-order chi connectivity index (χ0) is 26.5. The maximum absolute atomic E-state index is 13.1. The van der Waals surface area contributed by atoms with Crippen LogP contribution in [0.25, 0.3) is 17.0 Å². The highest BCUT2D eigenvalue weighted by Crippen LogP contribution is 2.35. The summed E-state index contributed by atoms with van der Waals surface area (Å²) in [6.07, 6.45) is 4.02. The SMILES string of the molecule is CCOc1ccc(N=C2S/C(=C\c3cn(CCOc4ccccc4OC)c4ccccc34)C(=O)N2C)cc1. The van der Waals surface area contributed by atoms with Gasteiger partial charge >= 0.3 is 0 Å². The number of amidine groups is 1. The lowest BCUT2D eigenvalue weighted by Crippen LogP contribution is -2.23. The Balaban J connectivity index is 1.36. The standard InChI is InChI=1S/C30H29N3O4S/c1-4-36-23-15-13-22(14-16-23)31-30-32(2)29(34)28(38-30)19-21-20-33(25-10-6-5-9-24(21)25)17-18-37-27-12-8-7-11-26(27)35-3/h5-16,19-20H,4,17-18H2,1-3H3/b28-19-,31-30?. The highest BCUT2D eigenvalue weighted by atomic mass is 32.2. The number of thioether (sulfide) groups is 1. The van der Waals surface area contributed by atoms with E-state index >= 15 is 0 Å². The third-order valence-electron chi connectivity index (χ3n) is 6.14. The van der Waals surface area contributed by atoms with Gasteiger partial charge in [-0.05, 0) is 67.2 Å². The third-order valence-corrected chi connectivity index (χ3v) is 7.20. The minimum atomic E-state index is -0.0731. The largest absolute Gasteiger partial charge is 0.494 e. The summed E-state index contributed by atoms with van der Waals surface area (Å²) in [7, 11) is 3.39. The molecule has 7 nitrogen and oxygen atoms in total. The lowest BCUT2D eigenvalue weighted by Gasteiger charge is -2.11. The molecule has 2 heterocycles. The number of carbonyl (C=O) groups excluding carboxylic acids is 1. The van der Waals surface area contributed by atoms with Crippen molar-refractivity contribution in [2.75, 3.05) is 27.4 Å². The van der Waals surface area contributed by atoms with E-state index in [0.29, 0.717) is 41.3 Å². The molecule has 0 bridgehead atoms. The van der Waals surface area contributed by atoms with Gasteiger partial charge in [-0.3, -0.25) is 9.69 Å².